The summed E-state index contributed by atoms with van der Waals surface area (Å²) in [6.45, 7) is 1.98. The van der Waals surface area contributed by atoms with Crippen molar-refractivity contribution in [1.82, 2.24) is 15.0 Å². The molecule has 2 N–H and O–H groups in total. The molecule has 9 heteroatoms. The zero-order valence-electron chi connectivity index (χ0n) is 8.99. The van der Waals surface area contributed by atoms with Gasteiger partial charge in [-0.15, -0.1) is 5.10 Å². The van der Waals surface area contributed by atoms with Gasteiger partial charge in [0.1, 0.15) is 0 Å². The van der Waals surface area contributed by atoms with Crippen molar-refractivity contribution in [2.45, 2.75) is 19.6 Å². The summed E-state index contributed by atoms with van der Waals surface area (Å²) < 4.78 is 43.5. The van der Waals surface area contributed by atoms with E-state index in [2.05, 4.69) is 10.3 Å². The first-order valence-corrected chi connectivity index (χ1v) is 4.76. The Balaban J connectivity index is 3.01. The standard InChI is InChI=1S/C8H11F3N4O2/c1-2-17-4-3-15-6(8(9,10)11)5(7(12)16)13-14-15/h2-4H2,1H3,(H2,12,16). The Morgan fingerprint density at radius 2 is 2.18 bits per heavy atom. The smallest absolute Gasteiger partial charge is 0.380 e. The lowest BCUT2D eigenvalue weighted by Gasteiger charge is -2.09. The normalized spacial score (nSPS) is 11.8. The molecule has 96 valence electrons. The van der Waals surface area contributed by atoms with Gasteiger partial charge in [0.05, 0.1) is 13.2 Å². The van der Waals surface area contributed by atoms with Crippen LogP contribution < -0.4 is 5.73 Å². The Labute approximate surface area is 94.5 Å². The number of ether oxygens (including phenoxy) is 1. The van der Waals surface area contributed by atoms with E-state index < -0.39 is 23.5 Å². The van der Waals surface area contributed by atoms with Gasteiger partial charge < -0.3 is 10.5 Å². The molecule has 0 bridgehead atoms. The summed E-state index contributed by atoms with van der Waals surface area (Å²) in [5.74, 6) is -1.26. The number of amides is 1. The topological polar surface area (TPSA) is 83.0 Å². The minimum Gasteiger partial charge on any atom is -0.380 e. The van der Waals surface area contributed by atoms with Gasteiger partial charge in [-0.3, -0.25) is 4.79 Å². The average Bonchev–Trinajstić information content (AvgIpc) is 2.61. The number of hydrogen-bond acceptors (Lipinski definition) is 4. The maximum atomic E-state index is 12.7. The van der Waals surface area contributed by atoms with Gasteiger partial charge in [-0.25, -0.2) is 4.68 Å². The third kappa shape index (κ3) is 3.16. The van der Waals surface area contributed by atoms with E-state index in [9.17, 15) is 18.0 Å². The number of carbonyl (C=O) groups excluding carboxylic acids is 1. The molecule has 0 radical (unpaired) electrons. The van der Waals surface area contributed by atoms with Crippen LogP contribution in [0.5, 0.6) is 0 Å². The molecule has 6 nitrogen and oxygen atoms in total. The van der Waals surface area contributed by atoms with Crippen LogP contribution in [0.25, 0.3) is 0 Å². The Kier molecular flexibility index (Phi) is 4.05. The molecule has 0 unspecified atom stereocenters. The van der Waals surface area contributed by atoms with E-state index in [1.165, 1.54) is 0 Å². The molecule has 1 aromatic heterocycles. The number of halogens is 3. The third-order valence-corrected chi connectivity index (χ3v) is 1.89. The van der Waals surface area contributed by atoms with Gasteiger partial charge in [0, 0.05) is 6.61 Å². The summed E-state index contributed by atoms with van der Waals surface area (Å²) in [6.07, 6.45) is -4.74. The summed E-state index contributed by atoms with van der Waals surface area (Å²) in [7, 11) is 0. The summed E-state index contributed by atoms with van der Waals surface area (Å²) in [6, 6.07) is 0. The van der Waals surface area contributed by atoms with Crippen LogP contribution in [0.1, 0.15) is 23.1 Å². The molecule has 0 spiro atoms. The lowest BCUT2D eigenvalue weighted by molar-refractivity contribution is -0.144. The zero-order valence-corrected chi connectivity index (χ0v) is 8.99. The van der Waals surface area contributed by atoms with Gasteiger partial charge >= 0.3 is 6.18 Å². The van der Waals surface area contributed by atoms with Gasteiger partial charge in [-0.05, 0) is 6.92 Å². The van der Waals surface area contributed by atoms with E-state index in [0.29, 0.717) is 11.3 Å². The first-order valence-electron chi connectivity index (χ1n) is 4.76. The number of primary amides is 1. The predicted octanol–water partition coefficient (Wildman–Crippen LogP) is 0.432. The second kappa shape index (κ2) is 5.13. The van der Waals surface area contributed by atoms with Gasteiger partial charge in [0.2, 0.25) is 0 Å². The second-order valence-electron chi connectivity index (χ2n) is 3.07. The predicted molar refractivity (Wildman–Crippen MR) is 50.0 cm³/mol. The van der Waals surface area contributed by atoms with Gasteiger partial charge in [-0.2, -0.15) is 13.2 Å². The van der Waals surface area contributed by atoms with Crippen molar-refractivity contribution in [3.63, 3.8) is 0 Å². The highest BCUT2D eigenvalue weighted by atomic mass is 19.4. The Bertz CT molecular complexity index is 402. The van der Waals surface area contributed by atoms with Crippen LogP contribution in [0.2, 0.25) is 0 Å². The van der Waals surface area contributed by atoms with Gasteiger partial charge in [0.15, 0.2) is 11.4 Å². The fraction of sp³-hybridized carbons (Fsp3) is 0.625. The molecule has 1 aromatic rings. The lowest BCUT2D eigenvalue weighted by atomic mass is 10.3. The molecule has 0 saturated heterocycles. The van der Waals surface area contributed by atoms with E-state index in [4.69, 9.17) is 10.5 Å². The molecule has 1 heterocycles. The number of nitrogens with zero attached hydrogens (tertiary/aromatic N) is 3. The van der Waals surface area contributed by atoms with Crippen molar-refractivity contribution >= 4 is 5.91 Å². The van der Waals surface area contributed by atoms with E-state index in [1.807, 2.05) is 0 Å². The molecular weight excluding hydrogens is 241 g/mol. The van der Waals surface area contributed by atoms with Crippen LogP contribution in [0.15, 0.2) is 0 Å². The lowest BCUT2D eigenvalue weighted by Crippen LogP contribution is -2.22. The van der Waals surface area contributed by atoms with E-state index in [1.54, 1.807) is 6.92 Å². The second-order valence-corrected chi connectivity index (χ2v) is 3.07. The maximum absolute atomic E-state index is 12.7. The summed E-state index contributed by atoms with van der Waals surface area (Å²) in [4.78, 5) is 10.8. The molecule has 0 atom stereocenters. The van der Waals surface area contributed by atoms with Crippen molar-refractivity contribution in [2.24, 2.45) is 5.73 Å². The third-order valence-electron chi connectivity index (χ3n) is 1.89. The van der Waals surface area contributed by atoms with Crippen molar-refractivity contribution in [3.05, 3.63) is 11.4 Å². The van der Waals surface area contributed by atoms with Crippen molar-refractivity contribution in [2.75, 3.05) is 13.2 Å². The number of carbonyl (C=O) groups is 1. The number of rotatable bonds is 5. The molecule has 0 aliphatic carbocycles. The molecule has 0 saturated carbocycles. The highest BCUT2D eigenvalue weighted by Crippen LogP contribution is 2.30. The summed E-state index contributed by atoms with van der Waals surface area (Å²) in [5.41, 5.74) is 2.67. The highest BCUT2D eigenvalue weighted by Gasteiger charge is 2.40. The monoisotopic (exact) mass is 252 g/mol. The van der Waals surface area contributed by atoms with Crippen LogP contribution in [0, 0.1) is 0 Å². The van der Waals surface area contributed by atoms with Crippen LogP contribution >= 0.6 is 0 Å². The Morgan fingerprint density at radius 1 is 1.53 bits per heavy atom. The largest absolute Gasteiger partial charge is 0.435 e. The Hall–Kier alpha value is -1.64. The molecule has 17 heavy (non-hydrogen) atoms. The molecule has 0 aromatic carbocycles. The van der Waals surface area contributed by atoms with Crippen LogP contribution in [-0.4, -0.2) is 34.1 Å². The summed E-state index contributed by atoms with van der Waals surface area (Å²) in [5, 5.41) is 6.37. The first kappa shape index (κ1) is 13.4. The minimum absolute atomic E-state index is 0.0428. The molecule has 1 amide bonds. The maximum Gasteiger partial charge on any atom is 0.435 e. The number of aromatic nitrogens is 3. The van der Waals surface area contributed by atoms with E-state index >= 15 is 0 Å². The van der Waals surface area contributed by atoms with Crippen molar-refractivity contribution in [1.29, 1.82) is 0 Å². The molecular formula is C8H11F3N4O2. The van der Waals surface area contributed by atoms with E-state index in [-0.39, 0.29) is 13.2 Å². The quantitative estimate of drug-likeness (QED) is 0.770. The van der Waals surface area contributed by atoms with E-state index in [0.717, 1.165) is 0 Å². The number of nitrogens with two attached hydrogens (primary N) is 1. The molecule has 0 aliphatic heterocycles. The average molecular weight is 252 g/mol. The van der Waals surface area contributed by atoms with Gasteiger partial charge in [-0.1, -0.05) is 5.21 Å². The number of alkyl halides is 3. The molecule has 0 fully saturated rings. The SMILES string of the molecule is CCOCCn1nnc(C(N)=O)c1C(F)(F)F. The minimum atomic E-state index is -4.74. The highest BCUT2D eigenvalue weighted by molar-refractivity contribution is 5.91. The van der Waals surface area contributed by atoms with Crippen LogP contribution in [-0.2, 0) is 17.5 Å². The van der Waals surface area contributed by atoms with Crippen LogP contribution in [0.3, 0.4) is 0 Å². The fourth-order valence-corrected chi connectivity index (χ4v) is 1.21. The first-order chi connectivity index (χ1) is 7.88. The molecule has 0 aliphatic rings. The summed E-state index contributed by atoms with van der Waals surface area (Å²) >= 11 is 0. The fourth-order valence-electron chi connectivity index (χ4n) is 1.21. The van der Waals surface area contributed by atoms with Crippen LogP contribution in [0.4, 0.5) is 13.2 Å². The van der Waals surface area contributed by atoms with Gasteiger partial charge in [0.25, 0.3) is 5.91 Å². The Morgan fingerprint density at radius 3 is 2.65 bits per heavy atom. The zero-order chi connectivity index (χ0) is 13.1. The van der Waals surface area contributed by atoms with Crippen molar-refractivity contribution in [3.8, 4) is 0 Å². The number of hydrogen-bond donors (Lipinski definition) is 1. The molecule has 1 rings (SSSR count). The van der Waals surface area contributed by atoms with Crippen molar-refractivity contribution < 1.29 is 22.7 Å².